The van der Waals surface area contributed by atoms with E-state index in [2.05, 4.69) is 73.8 Å². The minimum atomic E-state index is 0.376. The lowest BCUT2D eigenvalue weighted by molar-refractivity contribution is 0.334. The third-order valence-corrected chi connectivity index (χ3v) is 4.55. The first-order valence-electron chi connectivity index (χ1n) is 6.52. The van der Waals surface area contributed by atoms with Crippen LogP contribution in [0.4, 0.5) is 0 Å². The van der Waals surface area contributed by atoms with Crippen LogP contribution in [0.5, 0.6) is 0 Å². The fourth-order valence-electron chi connectivity index (χ4n) is 1.94. The summed E-state index contributed by atoms with van der Waals surface area (Å²) in [5.41, 5.74) is 1.67. The van der Waals surface area contributed by atoms with Crippen molar-refractivity contribution in [2.24, 2.45) is 5.41 Å². The van der Waals surface area contributed by atoms with E-state index in [1.54, 1.807) is 0 Å². The molecule has 0 aliphatic rings. The summed E-state index contributed by atoms with van der Waals surface area (Å²) in [6.07, 6.45) is 2.35. The van der Waals surface area contributed by atoms with E-state index in [0.717, 1.165) is 21.6 Å². The number of hydrogen-bond acceptors (Lipinski definition) is 1. The summed E-state index contributed by atoms with van der Waals surface area (Å²) in [4.78, 5) is 0. The zero-order valence-electron chi connectivity index (χ0n) is 11.7. The van der Waals surface area contributed by atoms with Crippen molar-refractivity contribution < 1.29 is 0 Å². The molecule has 1 nitrogen and oxygen atoms in total. The van der Waals surface area contributed by atoms with Gasteiger partial charge in [0.25, 0.3) is 0 Å². The van der Waals surface area contributed by atoms with Crippen LogP contribution in [0.2, 0.25) is 5.02 Å². The largest absolute Gasteiger partial charge is 0.310 e. The number of nitrogens with one attached hydrogen (secondary N) is 1. The van der Waals surface area contributed by atoms with Gasteiger partial charge in [-0.2, -0.15) is 0 Å². The van der Waals surface area contributed by atoms with E-state index in [1.165, 1.54) is 12.0 Å². The Morgan fingerprint density at radius 1 is 1.33 bits per heavy atom. The summed E-state index contributed by atoms with van der Waals surface area (Å²) in [6.45, 7) is 10.0. The van der Waals surface area contributed by atoms with Crippen molar-refractivity contribution in [2.45, 2.75) is 46.6 Å². The van der Waals surface area contributed by atoms with E-state index in [4.69, 9.17) is 11.6 Å². The average molecular weight is 380 g/mol. The molecule has 0 heterocycles. The predicted molar refractivity (Wildman–Crippen MR) is 89.3 cm³/mol. The van der Waals surface area contributed by atoms with E-state index in [9.17, 15) is 0 Å². The summed E-state index contributed by atoms with van der Waals surface area (Å²) < 4.78 is 1.11. The lowest BCUT2D eigenvalue weighted by Crippen LogP contribution is -2.22. The molecule has 1 rings (SSSR count). The molecule has 1 N–H and O–H groups in total. The van der Waals surface area contributed by atoms with Gasteiger partial charge >= 0.3 is 0 Å². The molecule has 18 heavy (non-hydrogen) atoms. The second kappa shape index (κ2) is 7.11. The zero-order chi connectivity index (χ0) is 13.8. The molecular formula is C15H23ClIN. The fraction of sp³-hybridized carbons (Fsp3) is 0.600. The molecule has 0 fully saturated rings. The van der Waals surface area contributed by atoms with Gasteiger partial charge in [0, 0.05) is 9.61 Å². The second-order valence-corrected chi connectivity index (χ2v) is 7.45. The number of halogens is 2. The number of hydrogen-bond donors (Lipinski definition) is 1. The van der Waals surface area contributed by atoms with Crippen LogP contribution in [0, 0.1) is 8.99 Å². The zero-order valence-corrected chi connectivity index (χ0v) is 14.6. The van der Waals surface area contributed by atoms with Gasteiger partial charge in [0.2, 0.25) is 0 Å². The molecule has 0 saturated heterocycles. The highest BCUT2D eigenvalue weighted by Gasteiger charge is 2.16. The summed E-state index contributed by atoms with van der Waals surface area (Å²) >= 11 is 8.48. The Balaban J connectivity index is 2.80. The van der Waals surface area contributed by atoms with Crippen LogP contribution in [0.3, 0.4) is 0 Å². The SMILES string of the molecule is CCNC(CCC(C)(C)C)c1ccc(I)c(Cl)c1. The molecule has 102 valence electrons. The molecule has 0 radical (unpaired) electrons. The van der Waals surface area contributed by atoms with Crippen molar-refractivity contribution in [1.29, 1.82) is 0 Å². The molecule has 3 heteroatoms. The maximum absolute atomic E-state index is 6.21. The first-order valence-corrected chi connectivity index (χ1v) is 7.97. The Morgan fingerprint density at radius 2 is 2.00 bits per heavy atom. The Hall–Kier alpha value is 0.200. The summed E-state index contributed by atoms with van der Waals surface area (Å²) in [5, 5.41) is 4.41. The molecule has 1 unspecified atom stereocenters. The molecule has 0 amide bonds. The molecule has 0 saturated carbocycles. The van der Waals surface area contributed by atoms with Gasteiger partial charge in [-0.05, 0) is 65.1 Å². The third kappa shape index (κ3) is 5.45. The van der Waals surface area contributed by atoms with E-state index < -0.39 is 0 Å². The summed E-state index contributed by atoms with van der Waals surface area (Å²) in [6, 6.07) is 6.78. The molecule has 0 aromatic heterocycles. The standard InChI is InChI=1S/C15H23ClIN/c1-5-18-14(8-9-15(2,3)4)11-6-7-13(17)12(16)10-11/h6-7,10,14,18H,5,8-9H2,1-4H3. The van der Waals surface area contributed by atoms with Crippen LogP contribution < -0.4 is 5.32 Å². The highest BCUT2D eigenvalue weighted by molar-refractivity contribution is 14.1. The van der Waals surface area contributed by atoms with E-state index in [0.29, 0.717) is 11.5 Å². The van der Waals surface area contributed by atoms with Gasteiger partial charge in [-0.25, -0.2) is 0 Å². The molecule has 1 aromatic rings. The lowest BCUT2D eigenvalue weighted by Gasteiger charge is -2.24. The van der Waals surface area contributed by atoms with E-state index >= 15 is 0 Å². The molecule has 0 aliphatic heterocycles. The number of benzene rings is 1. The Morgan fingerprint density at radius 3 is 2.50 bits per heavy atom. The molecule has 1 atom stereocenters. The van der Waals surface area contributed by atoms with Crippen molar-refractivity contribution in [3.63, 3.8) is 0 Å². The van der Waals surface area contributed by atoms with Crippen LogP contribution in [0.1, 0.15) is 52.1 Å². The summed E-state index contributed by atoms with van der Waals surface area (Å²) in [5.74, 6) is 0. The second-order valence-electron chi connectivity index (χ2n) is 5.88. The van der Waals surface area contributed by atoms with Gasteiger partial charge in [-0.15, -0.1) is 0 Å². The van der Waals surface area contributed by atoms with Crippen LogP contribution in [0.15, 0.2) is 18.2 Å². The first kappa shape index (κ1) is 16.3. The maximum atomic E-state index is 6.21. The van der Waals surface area contributed by atoms with Gasteiger partial charge in [0.1, 0.15) is 0 Å². The van der Waals surface area contributed by atoms with Crippen LogP contribution in [0.25, 0.3) is 0 Å². The smallest absolute Gasteiger partial charge is 0.0542 e. The van der Waals surface area contributed by atoms with Crippen LogP contribution >= 0.6 is 34.2 Å². The van der Waals surface area contributed by atoms with Crippen molar-refractivity contribution in [2.75, 3.05) is 6.54 Å². The number of rotatable bonds is 5. The Bertz CT molecular complexity index is 385. The van der Waals surface area contributed by atoms with Gasteiger partial charge < -0.3 is 5.32 Å². The van der Waals surface area contributed by atoms with E-state index in [-0.39, 0.29) is 0 Å². The summed E-state index contributed by atoms with van der Waals surface area (Å²) in [7, 11) is 0. The van der Waals surface area contributed by atoms with Gasteiger partial charge in [0.05, 0.1) is 5.02 Å². The van der Waals surface area contributed by atoms with Gasteiger partial charge in [-0.1, -0.05) is 45.4 Å². The van der Waals surface area contributed by atoms with Crippen molar-refractivity contribution in [3.05, 3.63) is 32.4 Å². The normalized spacial score (nSPS) is 13.7. The predicted octanol–water partition coefficient (Wildman–Crippen LogP) is 5.42. The fourth-order valence-corrected chi connectivity index (χ4v) is 2.46. The molecule has 0 spiro atoms. The van der Waals surface area contributed by atoms with Gasteiger partial charge in [0.15, 0.2) is 0 Å². The highest BCUT2D eigenvalue weighted by atomic mass is 127. The first-order chi connectivity index (χ1) is 8.33. The third-order valence-electron chi connectivity index (χ3n) is 2.98. The molecule has 1 aromatic carbocycles. The van der Waals surface area contributed by atoms with Crippen molar-refractivity contribution in [3.8, 4) is 0 Å². The molecule has 0 aliphatic carbocycles. The molecular weight excluding hydrogens is 357 g/mol. The minimum Gasteiger partial charge on any atom is -0.310 e. The molecule has 0 bridgehead atoms. The van der Waals surface area contributed by atoms with Crippen molar-refractivity contribution >= 4 is 34.2 Å². The lowest BCUT2D eigenvalue weighted by atomic mass is 9.87. The van der Waals surface area contributed by atoms with Gasteiger partial charge in [-0.3, -0.25) is 0 Å². The maximum Gasteiger partial charge on any atom is 0.0542 e. The topological polar surface area (TPSA) is 12.0 Å². The minimum absolute atomic E-state index is 0.376. The van der Waals surface area contributed by atoms with Crippen LogP contribution in [-0.4, -0.2) is 6.54 Å². The average Bonchev–Trinajstić information content (AvgIpc) is 2.27. The van der Waals surface area contributed by atoms with Crippen LogP contribution in [-0.2, 0) is 0 Å². The Labute approximate surface area is 130 Å². The highest BCUT2D eigenvalue weighted by Crippen LogP contribution is 2.29. The van der Waals surface area contributed by atoms with Crippen molar-refractivity contribution in [1.82, 2.24) is 5.32 Å². The monoisotopic (exact) mass is 379 g/mol. The quantitative estimate of drug-likeness (QED) is 0.673. The van der Waals surface area contributed by atoms with E-state index in [1.807, 2.05) is 0 Å². The Kier molecular flexibility index (Phi) is 6.42.